The number of aliphatic carboxylic acids is 1. The Kier molecular flexibility index (Phi) is 25.3. The summed E-state index contributed by atoms with van der Waals surface area (Å²) in [6.45, 7) is 21.1. The van der Waals surface area contributed by atoms with Crippen LogP contribution in [0.25, 0.3) is 0 Å². The van der Waals surface area contributed by atoms with Gasteiger partial charge < -0.3 is 39.4 Å². The zero-order valence-electron chi connectivity index (χ0n) is 44.4. The van der Waals surface area contributed by atoms with Gasteiger partial charge in [-0.05, 0) is 151 Å². The average molecular weight is 1080 g/mol. The van der Waals surface area contributed by atoms with Crippen molar-refractivity contribution < 1.29 is 73.8 Å². The van der Waals surface area contributed by atoms with Crippen molar-refractivity contribution >= 4 is 58.3 Å². The fourth-order valence-corrected chi connectivity index (χ4v) is 10.3. The van der Waals surface area contributed by atoms with Crippen LogP contribution in [0.5, 0.6) is 11.5 Å². The molecular formula is C58H77Cl4NaO9. The number of halogens is 4. The largest absolute Gasteiger partial charge is 1.00 e. The molecule has 1 heterocycles. The predicted octanol–water partition coefficient (Wildman–Crippen LogP) is 10.2. The fraction of sp³-hybridized carbons (Fsp3) is 0.552. The van der Waals surface area contributed by atoms with Gasteiger partial charge in [-0.1, -0.05) is 152 Å². The molecule has 4 atom stereocenters. The zero-order valence-corrected chi connectivity index (χ0v) is 49.5. The number of carbonyl (C=O) groups excluding carboxylic acids is 2. The Balaban J connectivity index is 0.000000375. The monoisotopic (exact) mass is 1080 g/mol. The van der Waals surface area contributed by atoms with Crippen molar-refractivity contribution in [2.75, 3.05) is 13.2 Å². The number of aryl methyl sites for hydroxylation is 2. The third-order valence-electron chi connectivity index (χ3n) is 14.5. The summed E-state index contributed by atoms with van der Waals surface area (Å²) in [7, 11) is 0. The smallest absolute Gasteiger partial charge is 0.550 e. The number of ether oxygens (including phenoxy) is 3. The fourth-order valence-electron chi connectivity index (χ4n) is 9.28. The van der Waals surface area contributed by atoms with Crippen LogP contribution in [0.1, 0.15) is 167 Å². The van der Waals surface area contributed by atoms with Gasteiger partial charge in [-0.3, -0.25) is 4.79 Å². The van der Waals surface area contributed by atoms with Gasteiger partial charge in [0.15, 0.2) is 0 Å². The minimum Gasteiger partial charge on any atom is -0.550 e. The van der Waals surface area contributed by atoms with E-state index in [0.29, 0.717) is 65.3 Å². The maximum Gasteiger partial charge on any atom is 1.00 e. The van der Waals surface area contributed by atoms with Crippen LogP contribution in [-0.2, 0) is 38.0 Å². The molecule has 2 unspecified atom stereocenters. The van der Waals surface area contributed by atoms with Crippen LogP contribution >= 0.6 is 46.4 Å². The molecule has 1 fully saturated rings. The summed E-state index contributed by atoms with van der Waals surface area (Å²) >= 11 is 26.6. The van der Waals surface area contributed by atoms with Crippen molar-refractivity contribution in [1.82, 2.24) is 0 Å². The molecule has 14 heteroatoms. The van der Waals surface area contributed by atoms with E-state index in [9.17, 15) is 30.0 Å². The Labute approximate surface area is 471 Å². The number of cyclic esters (lactones) is 1. The molecular weight excluding hydrogens is 1010 g/mol. The van der Waals surface area contributed by atoms with Gasteiger partial charge in [-0.15, -0.1) is 0 Å². The van der Waals surface area contributed by atoms with Crippen LogP contribution in [-0.4, -0.2) is 64.9 Å². The minimum absolute atomic E-state index is 0. The third kappa shape index (κ3) is 17.2. The summed E-state index contributed by atoms with van der Waals surface area (Å²) in [5, 5.41) is 43.7. The molecule has 0 radical (unpaired) electrons. The Morgan fingerprint density at radius 1 is 0.639 bits per heavy atom. The maximum atomic E-state index is 11.3. The quantitative estimate of drug-likeness (QED) is 0.0488. The SMILES string of the molecule is CCC(CC)(c1ccc(CCC(O)C(C)(C)C)c(Cl)c1)c1ccc(OC[C@H](O)CCC(=O)[O-])c(Cl)c1.CCC(CC)(c1ccc(CCC(O)C(C)(C)C)c(Cl)c1)c1ccc(OC[C@H]2CCC(=O)O2)c(Cl)c1.[Na+]. The number of esters is 1. The van der Waals surface area contributed by atoms with Crippen molar-refractivity contribution in [3.05, 3.63) is 126 Å². The van der Waals surface area contributed by atoms with E-state index < -0.39 is 18.2 Å². The van der Waals surface area contributed by atoms with Crippen LogP contribution in [0, 0.1) is 10.8 Å². The maximum absolute atomic E-state index is 11.3. The normalized spacial score (nSPS) is 15.4. The van der Waals surface area contributed by atoms with Crippen molar-refractivity contribution in [3.63, 3.8) is 0 Å². The van der Waals surface area contributed by atoms with E-state index in [1.54, 1.807) is 6.07 Å². The standard InChI is InChI=1S/C29H40Cl2O5.C29H38Cl2O4.Na/c1-6-29(7-2,20-10-8-19(23(30)16-20)9-14-26(33)28(3,4)5)21-11-13-25(24(31)17-21)36-18-22(32)12-15-27(34)35;1-6-29(7-2,20-10-8-19(23(30)16-20)9-14-26(32)28(3,4)5)21-11-13-25(24(31)17-21)34-18-22-12-15-27(33)35-22;/h8,10-11,13,16-17,22,26,32-33H,6-7,9,12,14-15,18H2,1-5H3,(H,34,35);8,10-11,13,16-17,22,26,32H,6-7,9,12,14-15,18H2,1-5H3;/q;;+1/p-1/t2*22-,26?;/m11./s1. The summed E-state index contributed by atoms with van der Waals surface area (Å²) in [6, 6.07) is 24.1. The number of carbonyl (C=O) groups is 2. The average Bonchev–Trinajstić information content (AvgIpc) is 3.74. The third-order valence-corrected chi connectivity index (χ3v) is 15.8. The topological polar surface area (TPSA) is 146 Å². The van der Waals surface area contributed by atoms with Crippen LogP contribution in [0.3, 0.4) is 0 Å². The van der Waals surface area contributed by atoms with Gasteiger partial charge in [0.05, 0.1) is 28.4 Å². The van der Waals surface area contributed by atoms with E-state index in [1.165, 1.54) is 0 Å². The second-order valence-corrected chi connectivity index (χ2v) is 22.8. The first-order valence-corrected chi connectivity index (χ1v) is 26.7. The molecule has 5 rings (SSSR count). The Hall–Kier alpha value is -2.54. The number of hydrogen-bond acceptors (Lipinski definition) is 9. The van der Waals surface area contributed by atoms with Gasteiger partial charge in [0.1, 0.15) is 30.8 Å². The molecule has 0 aromatic heterocycles. The number of hydrogen-bond donors (Lipinski definition) is 3. The van der Waals surface area contributed by atoms with E-state index in [4.69, 9.17) is 60.6 Å². The van der Waals surface area contributed by atoms with Gasteiger partial charge in [0.2, 0.25) is 0 Å². The van der Waals surface area contributed by atoms with Crippen molar-refractivity contribution in [1.29, 1.82) is 0 Å². The second-order valence-electron chi connectivity index (χ2n) is 21.2. The number of carboxylic acids is 1. The van der Waals surface area contributed by atoms with Gasteiger partial charge in [0.25, 0.3) is 0 Å². The molecule has 3 N–H and O–H groups in total. The zero-order chi connectivity index (χ0) is 52.9. The van der Waals surface area contributed by atoms with Crippen molar-refractivity contribution in [2.45, 2.75) is 182 Å². The molecule has 0 saturated carbocycles. The molecule has 9 nitrogen and oxygen atoms in total. The molecule has 72 heavy (non-hydrogen) atoms. The van der Waals surface area contributed by atoms with E-state index in [1.807, 2.05) is 71.9 Å². The summed E-state index contributed by atoms with van der Waals surface area (Å²) in [5.41, 5.74) is 5.60. The number of aliphatic hydroxyl groups excluding tert-OH is 3. The molecule has 1 aliphatic rings. The Morgan fingerprint density at radius 3 is 1.36 bits per heavy atom. The van der Waals surface area contributed by atoms with E-state index in [0.717, 1.165) is 70.5 Å². The predicted molar refractivity (Wildman–Crippen MR) is 286 cm³/mol. The van der Waals surface area contributed by atoms with Crippen LogP contribution in [0.2, 0.25) is 20.1 Å². The molecule has 0 aliphatic carbocycles. The summed E-state index contributed by atoms with van der Waals surface area (Å²) in [4.78, 5) is 21.9. The molecule has 1 saturated heterocycles. The summed E-state index contributed by atoms with van der Waals surface area (Å²) in [5.74, 6) is -0.363. The Bertz CT molecular complexity index is 2370. The molecule has 4 aromatic carbocycles. The van der Waals surface area contributed by atoms with E-state index >= 15 is 0 Å². The van der Waals surface area contributed by atoms with Crippen LogP contribution in [0.4, 0.5) is 0 Å². The van der Waals surface area contributed by atoms with Crippen molar-refractivity contribution in [3.8, 4) is 11.5 Å². The van der Waals surface area contributed by atoms with Gasteiger partial charge in [0, 0.05) is 33.3 Å². The number of benzene rings is 4. The molecule has 1 aliphatic heterocycles. The Morgan fingerprint density at radius 2 is 1.03 bits per heavy atom. The molecule has 0 spiro atoms. The molecule has 0 bridgehead atoms. The van der Waals surface area contributed by atoms with Gasteiger partial charge in [-0.25, -0.2) is 0 Å². The second kappa shape index (κ2) is 28.6. The number of rotatable bonds is 23. The first-order valence-electron chi connectivity index (χ1n) is 25.2. The molecule has 0 amide bonds. The minimum atomic E-state index is -1.21. The van der Waals surface area contributed by atoms with E-state index in [2.05, 4.69) is 64.1 Å². The van der Waals surface area contributed by atoms with Crippen molar-refractivity contribution in [2.24, 2.45) is 10.8 Å². The molecule has 4 aromatic rings. The van der Waals surface area contributed by atoms with E-state index in [-0.39, 0.29) is 88.8 Å². The first-order chi connectivity index (χ1) is 33.3. The van der Waals surface area contributed by atoms with Crippen LogP contribution in [0.15, 0.2) is 72.8 Å². The van der Waals surface area contributed by atoms with Crippen LogP contribution < -0.4 is 44.1 Å². The van der Waals surface area contributed by atoms with Gasteiger partial charge >= 0.3 is 35.5 Å². The number of aliphatic hydroxyl groups is 3. The first kappa shape index (κ1) is 63.8. The molecule has 392 valence electrons. The summed E-state index contributed by atoms with van der Waals surface area (Å²) < 4.78 is 16.7. The summed E-state index contributed by atoms with van der Waals surface area (Å²) in [6.07, 6.45) is 5.21. The number of carboxylic acid groups (broad SMARTS) is 1. The van der Waals surface area contributed by atoms with Gasteiger partial charge in [-0.2, -0.15) is 0 Å².